The molecule has 0 aliphatic heterocycles. The van der Waals surface area contributed by atoms with Gasteiger partial charge in [0.05, 0.1) is 17.9 Å². The number of likely N-dealkylation sites (N-methyl/N-ethyl adjacent to an activating group) is 1. The van der Waals surface area contributed by atoms with Crippen molar-refractivity contribution in [2.45, 2.75) is 33.6 Å². The second-order valence-electron chi connectivity index (χ2n) is 8.48. The highest BCUT2D eigenvalue weighted by molar-refractivity contribution is 6.15. The average Bonchev–Trinajstić information content (AvgIpc) is 2.80. The zero-order valence-corrected chi connectivity index (χ0v) is 20.8. The molecule has 2 aromatic carbocycles. The Balaban J connectivity index is 0.00000194. The summed E-state index contributed by atoms with van der Waals surface area (Å²) < 4.78 is 13.6. The number of carbonyl (C=O) groups excluding carboxylic acids is 3. The van der Waals surface area contributed by atoms with Crippen LogP contribution in [0.5, 0.6) is 0 Å². The number of amides is 3. The molecule has 2 aromatic rings. The van der Waals surface area contributed by atoms with E-state index in [1.807, 2.05) is 20.8 Å². The summed E-state index contributed by atoms with van der Waals surface area (Å²) >= 11 is 0. The number of para-hydroxylation sites is 1. The first-order valence-corrected chi connectivity index (χ1v) is 11.3. The van der Waals surface area contributed by atoms with Crippen LogP contribution in [0.1, 0.15) is 44.7 Å². The van der Waals surface area contributed by atoms with Crippen LogP contribution in [0.15, 0.2) is 61.2 Å². The molecule has 0 saturated heterocycles. The van der Waals surface area contributed by atoms with Crippen molar-refractivity contribution in [3.8, 4) is 0 Å². The lowest BCUT2D eigenvalue weighted by atomic mass is 9.93. The molecule has 0 radical (unpaired) electrons. The van der Waals surface area contributed by atoms with E-state index in [9.17, 15) is 18.8 Å². The van der Waals surface area contributed by atoms with Gasteiger partial charge in [0, 0.05) is 30.5 Å². The minimum atomic E-state index is -0.598. The largest absolute Gasteiger partial charge is 0.370 e. The zero-order chi connectivity index (χ0) is 26.5. The predicted molar refractivity (Wildman–Crippen MR) is 138 cm³/mol. The van der Waals surface area contributed by atoms with E-state index in [0.29, 0.717) is 23.2 Å². The Morgan fingerprint density at radius 1 is 1.17 bits per heavy atom. The summed E-state index contributed by atoms with van der Waals surface area (Å²) in [6, 6.07) is 12.5. The Morgan fingerprint density at radius 3 is 2.37 bits per heavy atom. The van der Waals surface area contributed by atoms with Crippen molar-refractivity contribution < 1.29 is 18.8 Å². The minimum Gasteiger partial charge on any atom is -0.370 e. The summed E-state index contributed by atoms with van der Waals surface area (Å²) in [4.78, 5) is 37.9. The van der Waals surface area contributed by atoms with Crippen molar-refractivity contribution in [2.24, 2.45) is 17.6 Å². The van der Waals surface area contributed by atoms with Gasteiger partial charge in [-0.2, -0.15) is 0 Å². The van der Waals surface area contributed by atoms with E-state index in [-0.39, 0.29) is 24.6 Å². The first kappa shape index (κ1) is 29.2. The van der Waals surface area contributed by atoms with Gasteiger partial charge in [-0.25, -0.2) is 4.39 Å². The summed E-state index contributed by atoms with van der Waals surface area (Å²) in [6.45, 7) is 8.85. The molecule has 0 aromatic heterocycles. The lowest BCUT2D eigenvalue weighted by Gasteiger charge is -2.22. The maximum Gasteiger partial charge on any atom is 0.246 e. The number of carbonyl (C=O) groups is 3. The van der Waals surface area contributed by atoms with Gasteiger partial charge in [0.1, 0.15) is 5.82 Å². The first-order valence-electron chi connectivity index (χ1n) is 11.3. The molecule has 188 valence electrons. The van der Waals surface area contributed by atoms with Gasteiger partial charge in [0.2, 0.25) is 17.7 Å². The number of allylic oxidation sites excluding steroid dienone is 1. The molecule has 1 unspecified atom stereocenters. The van der Waals surface area contributed by atoms with E-state index in [0.717, 1.165) is 0 Å². The highest BCUT2D eigenvalue weighted by Gasteiger charge is 2.24. The van der Waals surface area contributed by atoms with E-state index in [1.54, 1.807) is 43.5 Å². The van der Waals surface area contributed by atoms with Crippen LogP contribution in [0, 0.1) is 23.1 Å². The molecular formula is C27H35FN4O3. The van der Waals surface area contributed by atoms with Crippen molar-refractivity contribution in [1.29, 1.82) is 5.41 Å². The second kappa shape index (κ2) is 14.5. The van der Waals surface area contributed by atoms with Gasteiger partial charge in [0.15, 0.2) is 0 Å². The fourth-order valence-corrected chi connectivity index (χ4v) is 3.43. The van der Waals surface area contributed by atoms with Crippen molar-refractivity contribution in [3.63, 3.8) is 0 Å². The van der Waals surface area contributed by atoms with E-state index >= 15 is 0 Å². The normalized spacial score (nSPS) is 11.0. The maximum absolute atomic E-state index is 13.6. The second-order valence-corrected chi connectivity index (χ2v) is 8.48. The number of rotatable bonds is 10. The van der Waals surface area contributed by atoms with E-state index < -0.39 is 29.5 Å². The molecule has 3 amide bonds. The Labute approximate surface area is 206 Å². The molecule has 7 nitrogen and oxygen atoms in total. The summed E-state index contributed by atoms with van der Waals surface area (Å²) in [5.41, 5.74) is 6.61. The average molecular weight is 483 g/mol. The number of nitrogens with one attached hydrogen (secondary N) is 2. The molecule has 0 bridgehead atoms. The predicted octanol–water partition coefficient (Wildman–Crippen LogP) is 4.05. The summed E-state index contributed by atoms with van der Waals surface area (Å²) in [7, 11) is 1.54. The third kappa shape index (κ3) is 9.52. The molecule has 0 spiro atoms. The highest BCUT2D eigenvalue weighted by atomic mass is 19.1. The first-order chi connectivity index (χ1) is 16.5. The van der Waals surface area contributed by atoms with E-state index in [1.165, 1.54) is 23.1 Å². The number of hydrogen-bond donors (Lipinski definition) is 3. The minimum absolute atomic E-state index is 0.0715. The molecule has 8 heteroatoms. The van der Waals surface area contributed by atoms with Crippen LogP contribution in [0.25, 0.3) is 0 Å². The lowest BCUT2D eigenvalue weighted by molar-refractivity contribution is -0.131. The highest BCUT2D eigenvalue weighted by Crippen LogP contribution is 2.23. The van der Waals surface area contributed by atoms with Crippen molar-refractivity contribution in [2.75, 3.05) is 18.5 Å². The van der Waals surface area contributed by atoms with Crippen molar-refractivity contribution in [3.05, 3.63) is 78.1 Å². The van der Waals surface area contributed by atoms with Crippen LogP contribution < -0.4 is 16.0 Å². The SMILES string of the molecule is C=CC.CC(C)CC(CC(N)=O)C(=O)NCC(=O)N(C)c1ccccc1C(=N)c1cccc(F)c1. The quantitative estimate of drug-likeness (QED) is 0.350. The van der Waals surface area contributed by atoms with Gasteiger partial charge in [-0.05, 0) is 37.5 Å². The molecule has 0 heterocycles. The van der Waals surface area contributed by atoms with Gasteiger partial charge < -0.3 is 16.0 Å². The summed E-state index contributed by atoms with van der Waals surface area (Å²) in [5, 5.41) is 11.1. The van der Waals surface area contributed by atoms with Gasteiger partial charge in [0.25, 0.3) is 0 Å². The standard InChI is InChI=1S/C24H29FN4O3.C3H6/c1-15(2)11-17(13-21(26)30)24(32)28-14-22(31)29(3)20-10-5-4-9-19(20)23(27)16-7-6-8-18(25)12-16;1-3-2/h4-10,12,15,17,27H,11,13-14H2,1-3H3,(H2,26,30)(H,28,32);3H,1H2,2H3. The fourth-order valence-electron chi connectivity index (χ4n) is 3.43. The van der Waals surface area contributed by atoms with E-state index in [2.05, 4.69) is 11.9 Å². The summed E-state index contributed by atoms with van der Waals surface area (Å²) in [6.07, 6.45) is 2.15. The van der Waals surface area contributed by atoms with Gasteiger partial charge in [-0.15, -0.1) is 6.58 Å². The lowest BCUT2D eigenvalue weighted by Crippen LogP contribution is -2.42. The van der Waals surface area contributed by atoms with Crippen LogP contribution >= 0.6 is 0 Å². The third-order valence-electron chi connectivity index (χ3n) is 5.01. The molecule has 0 fully saturated rings. The number of benzene rings is 2. The number of nitrogens with zero attached hydrogens (tertiary/aromatic N) is 1. The number of halogens is 1. The number of hydrogen-bond acceptors (Lipinski definition) is 4. The number of primary amides is 1. The fraction of sp³-hybridized carbons (Fsp3) is 0.333. The monoisotopic (exact) mass is 482 g/mol. The molecule has 2 rings (SSSR count). The molecule has 1 atom stereocenters. The number of anilines is 1. The van der Waals surface area contributed by atoms with Gasteiger partial charge >= 0.3 is 0 Å². The van der Waals surface area contributed by atoms with Crippen LogP contribution in [0.3, 0.4) is 0 Å². The van der Waals surface area contributed by atoms with Gasteiger partial charge in [-0.3, -0.25) is 19.8 Å². The Kier molecular flexibility index (Phi) is 12.1. The smallest absolute Gasteiger partial charge is 0.246 e. The van der Waals surface area contributed by atoms with Crippen LogP contribution in [-0.2, 0) is 14.4 Å². The molecular weight excluding hydrogens is 447 g/mol. The molecule has 35 heavy (non-hydrogen) atoms. The van der Waals surface area contributed by atoms with Gasteiger partial charge in [-0.1, -0.05) is 50.3 Å². The number of nitrogens with two attached hydrogens (primary N) is 1. The molecule has 0 aliphatic rings. The van der Waals surface area contributed by atoms with E-state index in [4.69, 9.17) is 11.1 Å². The summed E-state index contributed by atoms with van der Waals surface area (Å²) in [5.74, 6) is -2.24. The Morgan fingerprint density at radius 2 is 1.80 bits per heavy atom. The third-order valence-corrected chi connectivity index (χ3v) is 5.01. The maximum atomic E-state index is 13.6. The zero-order valence-electron chi connectivity index (χ0n) is 20.8. The Bertz CT molecular complexity index is 1050. The van der Waals surface area contributed by atoms with Crippen LogP contribution in [0.4, 0.5) is 10.1 Å². The van der Waals surface area contributed by atoms with Crippen molar-refractivity contribution >= 4 is 29.1 Å². The Hall–Kier alpha value is -3.81. The topological polar surface area (TPSA) is 116 Å². The molecule has 0 saturated carbocycles. The molecule has 0 aliphatic carbocycles. The molecule has 4 N–H and O–H groups in total. The van der Waals surface area contributed by atoms with Crippen LogP contribution in [0.2, 0.25) is 0 Å². The van der Waals surface area contributed by atoms with Crippen molar-refractivity contribution in [1.82, 2.24) is 5.32 Å². The van der Waals surface area contributed by atoms with Crippen LogP contribution in [-0.4, -0.2) is 37.0 Å².